The van der Waals surface area contributed by atoms with Gasteiger partial charge in [0.15, 0.2) is 0 Å². The Morgan fingerprint density at radius 1 is 1.04 bits per heavy atom. The zero-order chi connectivity index (χ0) is 19.2. The van der Waals surface area contributed by atoms with Crippen molar-refractivity contribution in [3.05, 3.63) is 82.4 Å². The van der Waals surface area contributed by atoms with E-state index in [-0.39, 0.29) is 18.1 Å². The summed E-state index contributed by atoms with van der Waals surface area (Å²) in [5, 5.41) is 20.0. The molecule has 0 saturated carbocycles. The predicted octanol–water partition coefficient (Wildman–Crippen LogP) is 3.70. The van der Waals surface area contributed by atoms with Gasteiger partial charge in [-0.3, -0.25) is 14.9 Å². The first-order valence-corrected chi connectivity index (χ1v) is 8.33. The van der Waals surface area contributed by atoms with Crippen LogP contribution in [-0.4, -0.2) is 23.1 Å². The second-order valence-electron chi connectivity index (χ2n) is 5.95. The van der Waals surface area contributed by atoms with Gasteiger partial charge in [-0.25, -0.2) is 5.43 Å². The van der Waals surface area contributed by atoms with Crippen LogP contribution in [0.5, 0.6) is 0 Å². The van der Waals surface area contributed by atoms with Gasteiger partial charge in [-0.1, -0.05) is 30.3 Å². The molecule has 0 atom stereocenters. The number of carbonyl (C=O) groups excluding carboxylic acids is 1. The van der Waals surface area contributed by atoms with E-state index in [2.05, 4.69) is 15.8 Å². The number of nitrogens with one attached hydrogen (secondary N) is 2. The number of fused-ring (bicyclic) bond motifs is 1. The van der Waals surface area contributed by atoms with Gasteiger partial charge in [0.05, 0.1) is 17.2 Å². The van der Waals surface area contributed by atoms with E-state index in [0.717, 1.165) is 16.5 Å². The summed E-state index contributed by atoms with van der Waals surface area (Å²) in [6.07, 6.45) is 0. The molecule has 0 radical (unpaired) electrons. The summed E-state index contributed by atoms with van der Waals surface area (Å²) in [5.74, 6) is -0.288. The smallest absolute Gasteiger partial charge is 0.269 e. The van der Waals surface area contributed by atoms with Gasteiger partial charge in [0.25, 0.3) is 11.6 Å². The van der Waals surface area contributed by atoms with Crippen LogP contribution in [-0.2, 0) is 4.79 Å². The van der Waals surface area contributed by atoms with Crippen LogP contribution in [0.3, 0.4) is 0 Å². The first kappa shape index (κ1) is 18.1. The Bertz CT molecular complexity index is 1010. The molecule has 0 heterocycles. The van der Waals surface area contributed by atoms with Gasteiger partial charge in [-0.15, -0.1) is 0 Å². The number of hydrogen-bond donors (Lipinski definition) is 2. The van der Waals surface area contributed by atoms with E-state index in [1.54, 1.807) is 19.1 Å². The first-order valence-electron chi connectivity index (χ1n) is 8.33. The van der Waals surface area contributed by atoms with Gasteiger partial charge in [0.1, 0.15) is 0 Å². The van der Waals surface area contributed by atoms with E-state index < -0.39 is 4.92 Å². The summed E-state index contributed by atoms with van der Waals surface area (Å²) in [6, 6.07) is 19.9. The average Bonchev–Trinajstić information content (AvgIpc) is 2.70. The Labute approximate surface area is 155 Å². The quantitative estimate of drug-likeness (QED) is 0.397. The molecule has 3 aromatic carbocycles. The molecule has 0 bridgehead atoms. The summed E-state index contributed by atoms with van der Waals surface area (Å²) >= 11 is 0. The molecule has 0 unspecified atom stereocenters. The van der Waals surface area contributed by atoms with E-state index >= 15 is 0 Å². The number of rotatable bonds is 6. The van der Waals surface area contributed by atoms with Gasteiger partial charge < -0.3 is 5.32 Å². The van der Waals surface area contributed by atoms with Crippen LogP contribution in [0.25, 0.3) is 10.8 Å². The van der Waals surface area contributed by atoms with Gasteiger partial charge in [-0.05, 0) is 47.5 Å². The third-order valence-corrected chi connectivity index (χ3v) is 4.05. The third kappa shape index (κ3) is 4.66. The summed E-state index contributed by atoms with van der Waals surface area (Å²) in [4.78, 5) is 22.2. The van der Waals surface area contributed by atoms with Crippen LogP contribution in [0.4, 0.5) is 11.4 Å². The Hall–Kier alpha value is -3.74. The van der Waals surface area contributed by atoms with E-state index in [0.29, 0.717) is 11.3 Å². The van der Waals surface area contributed by atoms with Gasteiger partial charge in [0, 0.05) is 17.8 Å². The van der Waals surface area contributed by atoms with Crippen LogP contribution < -0.4 is 10.7 Å². The van der Waals surface area contributed by atoms with Crippen LogP contribution in [0.1, 0.15) is 12.5 Å². The second-order valence-corrected chi connectivity index (χ2v) is 5.95. The van der Waals surface area contributed by atoms with Crippen molar-refractivity contribution in [2.75, 3.05) is 11.9 Å². The number of hydrogen-bond acceptors (Lipinski definition) is 5. The van der Waals surface area contributed by atoms with Crippen LogP contribution in [0.2, 0.25) is 0 Å². The minimum Gasteiger partial charge on any atom is -0.376 e. The topological polar surface area (TPSA) is 96.6 Å². The largest absolute Gasteiger partial charge is 0.376 e. The molecule has 7 nitrogen and oxygen atoms in total. The summed E-state index contributed by atoms with van der Waals surface area (Å²) in [6.45, 7) is 1.80. The number of nitro benzene ring substituents is 1. The normalized spacial score (nSPS) is 11.2. The molecule has 0 fully saturated rings. The maximum Gasteiger partial charge on any atom is 0.269 e. The highest BCUT2D eigenvalue weighted by Crippen LogP contribution is 2.18. The van der Waals surface area contributed by atoms with Crippen molar-refractivity contribution < 1.29 is 9.72 Å². The summed E-state index contributed by atoms with van der Waals surface area (Å²) in [7, 11) is 0. The van der Waals surface area contributed by atoms with Crippen molar-refractivity contribution in [2.24, 2.45) is 5.10 Å². The zero-order valence-corrected chi connectivity index (χ0v) is 14.7. The van der Waals surface area contributed by atoms with Crippen molar-refractivity contribution in [3.63, 3.8) is 0 Å². The molecule has 0 aliphatic carbocycles. The number of benzene rings is 3. The summed E-state index contributed by atoms with van der Waals surface area (Å²) < 4.78 is 0. The van der Waals surface area contributed by atoms with Crippen molar-refractivity contribution in [3.8, 4) is 0 Å². The SMILES string of the molecule is C/C(=N\NC(=O)CNc1ccc2ccccc2c1)c1ccc([N+](=O)[O-])cc1. The Balaban J connectivity index is 1.56. The second kappa shape index (κ2) is 8.09. The van der Waals surface area contributed by atoms with Crippen LogP contribution in [0, 0.1) is 10.1 Å². The maximum atomic E-state index is 12.0. The minimum atomic E-state index is -0.462. The highest BCUT2D eigenvalue weighted by molar-refractivity contribution is 5.99. The van der Waals surface area contributed by atoms with Gasteiger partial charge in [-0.2, -0.15) is 5.10 Å². The molecule has 2 N–H and O–H groups in total. The molecule has 3 aromatic rings. The molecule has 0 aliphatic heterocycles. The van der Waals surface area contributed by atoms with Crippen LogP contribution in [0.15, 0.2) is 71.8 Å². The molecule has 27 heavy (non-hydrogen) atoms. The lowest BCUT2D eigenvalue weighted by Crippen LogP contribution is -2.26. The lowest BCUT2D eigenvalue weighted by atomic mass is 10.1. The molecular formula is C20H18N4O3. The highest BCUT2D eigenvalue weighted by atomic mass is 16.6. The molecule has 0 saturated heterocycles. The lowest BCUT2D eigenvalue weighted by Gasteiger charge is -2.07. The number of carbonyl (C=O) groups is 1. The molecule has 136 valence electrons. The fourth-order valence-corrected chi connectivity index (χ4v) is 2.56. The van der Waals surface area contributed by atoms with Crippen molar-refractivity contribution in [2.45, 2.75) is 6.92 Å². The van der Waals surface area contributed by atoms with E-state index in [1.165, 1.54) is 12.1 Å². The van der Waals surface area contributed by atoms with Crippen molar-refractivity contribution >= 4 is 33.8 Å². The van der Waals surface area contributed by atoms with E-state index in [4.69, 9.17) is 0 Å². The molecule has 0 aromatic heterocycles. The fourth-order valence-electron chi connectivity index (χ4n) is 2.56. The van der Waals surface area contributed by atoms with E-state index in [9.17, 15) is 14.9 Å². The van der Waals surface area contributed by atoms with Crippen molar-refractivity contribution in [1.82, 2.24) is 5.43 Å². The lowest BCUT2D eigenvalue weighted by molar-refractivity contribution is -0.384. The number of anilines is 1. The molecule has 7 heteroatoms. The Morgan fingerprint density at radius 2 is 1.74 bits per heavy atom. The van der Waals surface area contributed by atoms with Gasteiger partial charge >= 0.3 is 0 Å². The molecule has 1 amide bonds. The predicted molar refractivity (Wildman–Crippen MR) is 106 cm³/mol. The number of hydrazone groups is 1. The van der Waals surface area contributed by atoms with Crippen molar-refractivity contribution in [1.29, 1.82) is 0 Å². The Morgan fingerprint density at radius 3 is 2.44 bits per heavy atom. The first-order chi connectivity index (χ1) is 13.0. The molecule has 0 aliphatic rings. The fraction of sp³-hybridized carbons (Fsp3) is 0.100. The molecular weight excluding hydrogens is 344 g/mol. The molecule has 3 rings (SSSR count). The monoisotopic (exact) mass is 362 g/mol. The minimum absolute atomic E-state index is 0.00942. The summed E-state index contributed by atoms with van der Waals surface area (Å²) in [5.41, 5.74) is 4.59. The third-order valence-electron chi connectivity index (χ3n) is 4.05. The standard InChI is InChI=1S/C20H18N4O3/c1-14(15-7-10-19(11-8-15)24(26)27)22-23-20(25)13-21-18-9-6-16-4-2-3-5-17(16)12-18/h2-12,21H,13H2,1H3,(H,23,25)/b22-14+. The van der Waals surface area contributed by atoms with Crippen LogP contribution >= 0.6 is 0 Å². The zero-order valence-electron chi connectivity index (χ0n) is 14.7. The molecule has 0 spiro atoms. The number of nitrogens with zero attached hydrogens (tertiary/aromatic N) is 2. The van der Waals surface area contributed by atoms with Gasteiger partial charge in [0.2, 0.25) is 0 Å². The van der Waals surface area contributed by atoms with E-state index in [1.807, 2.05) is 42.5 Å². The average molecular weight is 362 g/mol. The maximum absolute atomic E-state index is 12.0. The highest BCUT2D eigenvalue weighted by Gasteiger charge is 2.06. The Kier molecular flexibility index (Phi) is 5.41. The number of non-ortho nitro benzene ring substituents is 1. The number of nitro groups is 1. The number of amides is 1.